The van der Waals surface area contributed by atoms with Crippen molar-refractivity contribution in [1.29, 1.82) is 0 Å². The van der Waals surface area contributed by atoms with Crippen LogP contribution in [0.1, 0.15) is 47.0 Å². The van der Waals surface area contributed by atoms with Crippen LogP contribution in [0.3, 0.4) is 0 Å². The molecule has 2 nitrogen and oxygen atoms in total. The van der Waals surface area contributed by atoms with Gasteiger partial charge in [-0.3, -0.25) is 0 Å². The lowest BCUT2D eigenvalue weighted by molar-refractivity contribution is 0.0517. The predicted molar refractivity (Wildman–Crippen MR) is 49.5 cm³/mol. The average molecular weight is 171 g/mol. The van der Waals surface area contributed by atoms with Crippen molar-refractivity contribution in [1.82, 2.24) is 0 Å². The molecule has 12 heavy (non-hydrogen) atoms. The highest BCUT2D eigenvalue weighted by Gasteiger charge is 2.23. The van der Waals surface area contributed by atoms with Crippen molar-refractivity contribution < 1.29 is 9.53 Å². The molecule has 2 heteroatoms. The Bertz CT molecular complexity index is 132. The van der Waals surface area contributed by atoms with Gasteiger partial charge in [0, 0.05) is 0 Å². The maximum atomic E-state index is 10.1. The second kappa shape index (κ2) is 5.18. The van der Waals surface area contributed by atoms with Crippen LogP contribution in [-0.4, -0.2) is 12.1 Å². The Balaban J connectivity index is 3.86. The summed E-state index contributed by atoms with van der Waals surface area (Å²) < 4.78 is 4.92. The number of carbonyl (C=O) groups excluding carboxylic acids is 1. The quantitative estimate of drug-likeness (QED) is 0.614. The molecule has 0 saturated carbocycles. The third-order valence-corrected chi connectivity index (χ3v) is 2.29. The summed E-state index contributed by atoms with van der Waals surface area (Å²) in [5, 5.41) is 0. The van der Waals surface area contributed by atoms with Crippen molar-refractivity contribution in [2.45, 2.75) is 52.6 Å². The number of ether oxygens (including phenoxy) is 1. The van der Waals surface area contributed by atoms with E-state index in [0.717, 1.165) is 19.3 Å². The number of hydrogen-bond donors (Lipinski definition) is 0. The lowest BCUT2D eigenvalue weighted by atomic mass is 9.93. The molecule has 0 bridgehead atoms. The second-order valence-electron chi connectivity index (χ2n) is 3.92. The molecule has 0 aromatic heterocycles. The molecule has 0 spiro atoms. The van der Waals surface area contributed by atoms with Crippen LogP contribution >= 0.6 is 0 Å². The van der Waals surface area contributed by atoms with E-state index in [0.29, 0.717) is 5.92 Å². The average Bonchev–Trinajstić information content (AvgIpc) is 2.02. The van der Waals surface area contributed by atoms with Crippen molar-refractivity contribution in [2.24, 2.45) is 5.92 Å². The van der Waals surface area contributed by atoms with Crippen molar-refractivity contribution in [2.75, 3.05) is 0 Å². The van der Waals surface area contributed by atoms with Gasteiger partial charge in [-0.05, 0) is 32.1 Å². The van der Waals surface area contributed by atoms with Crippen molar-refractivity contribution >= 4 is 6.47 Å². The van der Waals surface area contributed by atoms with Crippen molar-refractivity contribution in [3.8, 4) is 0 Å². The van der Waals surface area contributed by atoms with Gasteiger partial charge in [0.25, 0.3) is 0 Å². The van der Waals surface area contributed by atoms with Gasteiger partial charge < -0.3 is 4.74 Å². The van der Waals surface area contributed by atoms with Crippen LogP contribution in [-0.2, 0) is 9.53 Å². The normalized spacial score (nSPS) is 15.8. The summed E-state index contributed by atoms with van der Waals surface area (Å²) in [6, 6.07) is 0. The zero-order chi connectivity index (χ0) is 9.61. The summed E-state index contributed by atoms with van der Waals surface area (Å²) in [6.07, 6.45) is 2.87. The standard InChI is InChI=1S/C10H19O2/c1-5-10(4,12-8-11)7-6-9(2)3/h9H,5-7H2,1-4H3. The Hall–Kier alpha value is -0.530. The van der Waals surface area contributed by atoms with Gasteiger partial charge in [-0.1, -0.05) is 20.8 Å². The molecule has 1 atom stereocenters. The first-order valence-electron chi connectivity index (χ1n) is 4.59. The van der Waals surface area contributed by atoms with Crippen LogP contribution in [0.4, 0.5) is 0 Å². The van der Waals surface area contributed by atoms with Gasteiger partial charge >= 0.3 is 6.47 Å². The summed E-state index contributed by atoms with van der Waals surface area (Å²) in [6.45, 7) is 9.85. The minimum absolute atomic E-state index is 0.300. The van der Waals surface area contributed by atoms with Gasteiger partial charge in [-0.2, -0.15) is 0 Å². The zero-order valence-electron chi connectivity index (χ0n) is 8.52. The molecular weight excluding hydrogens is 152 g/mol. The molecule has 0 aliphatic carbocycles. The molecule has 0 fully saturated rings. The molecule has 1 unspecified atom stereocenters. The first-order chi connectivity index (χ1) is 5.54. The van der Waals surface area contributed by atoms with Crippen LogP contribution in [0, 0.1) is 5.92 Å². The summed E-state index contributed by atoms with van der Waals surface area (Å²) >= 11 is 0. The number of hydrogen-bond acceptors (Lipinski definition) is 2. The maximum Gasteiger partial charge on any atom is 0.418 e. The van der Waals surface area contributed by atoms with Gasteiger partial charge in [0.2, 0.25) is 0 Å². The van der Waals surface area contributed by atoms with Crippen molar-refractivity contribution in [3.63, 3.8) is 0 Å². The highest BCUT2D eigenvalue weighted by Crippen LogP contribution is 2.23. The minimum atomic E-state index is -0.300. The van der Waals surface area contributed by atoms with E-state index >= 15 is 0 Å². The Morgan fingerprint density at radius 2 is 2.08 bits per heavy atom. The van der Waals surface area contributed by atoms with Crippen LogP contribution in [0.25, 0.3) is 0 Å². The number of rotatable bonds is 6. The molecule has 0 aliphatic heterocycles. The van der Waals surface area contributed by atoms with Crippen LogP contribution in [0.2, 0.25) is 0 Å². The Morgan fingerprint density at radius 3 is 2.42 bits per heavy atom. The van der Waals surface area contributed by atoms with Crippen LogP contribution in [0.5, 0.6) is 0 Å². The highest BCUT2D eigenvalue weighted by atomic mass is 16.5. The Labute approximate surface area is 75.3 Å². The van der Waals surface area contributed by atoms with E-state index in [9.17, 15) is 4.79 Å². The zero-order valence-corrected chi connectivity index (χ0v) is 8.52. The molecule has 0 heterocycles. The molecular formula is C10H19O2. The first-order valence-corrected chi connectivity index (χ1v) is 4.59. The molecule has 0 N–H and O–H groups in total. The third-order valence-electron chi connectivity index (χ3n) is 2.29. The summed E-state index contributed by atoms with van der Waals surface area (Å²) in [5.41, 5.74) is -0.300. The monoisotopic (exact) mass is 171 g/mol. The largest absolute Gasteiger partial charge is 0.451 e. The smallest absolute Gasteiger partial charge is 0.418 e. The minimum Gasteiger partial charge on any atom is -0.451 e. The lowest BCUT2D eigenvalue weighted by Crippen LogP contribution is -2.27. The van der Waals surface area contributed by atoms with E-state index in [1.165, 1.54) is 6.47 Å². The predicted octanol–water partition coefficient (Wildman–Crippen LogP) is 2.68. The summed E-state index contributed by atoms with van der Waals surface area (Å²) in [5.74, 6) is 0.658. The van der Waals surface area contributed by atoms with E-state index in [-0.39, 0.29) is 5.60 Å². The highest BCUT2D eigenvalue weighted by molar-refractivity contribution is 5.39. The molecule has 0 aromatic carbocycles. The van der Waals surface area contributed by atoms with E-state index in [4.69, 9.17) is 4.74 Å². The molecule has 71 valence electrons. The Kier molecular flexibility index (Phi) is 4.95. The van der Waals surface area contributed by atoms with Gasteiger partial charge in [0.15, 0.2) is 0 Å². The molecule has 0 aromatic rings. The van der Waals surface area contributed by atoms with E-state index < -0.39 is 0 Å². The van der Waals surface area contributed by atoms with Gasteiger partial charge in [0.05, 0.1) is 0 Å². The van der Waals surface area contributed by atoms with Crippen LogP contribution < -0.4 is 0 Å². The van der Waals surface area contributed by atoms with E-state index in [1.54, 1.807) is 0 Å². The molecule has 0 saturated heterocycles. The van der Waals surface area contributed by atoms with Gasteiger partial charge in [-0.15, -0.1) is 0 Å². The summed E-state index contributed by atoms with van der Waals surface area (Å²) in [4.78, 5) is 10.1. The van der Waals surface area contributed by atoms with Crippen LogP contribution in [0.15, 0.2) is 0 Å². The molecule has 1 radical (unpaired) electrons. The summed E-state index contributed by atoms with van der Waals surface area (Å²) in [7, 11) is 0. The molecule has 0 aliphatic rings. The van der Waals surface area contributed by atoms with Gasteiger partial charge in [0.1, 0.15) is 5.60 Å². The Morgan fingerprint density at radius 1 is 1.50 bits per heavy atom. The van der Waals surface area contributed by atoms with E-state index in [1.807, 2.05) is 13.8 Å². The molecule has 0 rings (SSSR count). The fourth-order valence-corrected chi connectivity index (χ4v) is 0.995. The topological polar surface area (TPSA) is 26.3 Å². The molecule has 0 amide bonds. The SMILES string of the molecule is CCC(C)(CCC(C)C)O[C]=O. The fourth-order valence-electron chi connectivity index (χ4n) is 0.995. The first kappa shape index (κ1) is 11.5. The lowest BCUT2D eigenvalue weighted by Gasteiger charge is -2.26. The second-order valence-corrected chi connectivity index (χ2v) is 3.92. The third kappa shape index (κ3) is 4.37. The fraction of sp³-hybridized carbons (Fsp3) is 0.900. The van der Waals surface area contributed by atoms with Crippen molar-refractivity contribution in [3.05, 3.63) is 0 Å². The van der Waals surface area contributed by atoms with Gasteiger partial charge in [-0.25, -0.2) is 4.79 Å². The van der Waals surface area contributed by atoms with E-state index in [2.05, 4.69) is 13.8 Å². The maximum absolute atomic E-state index is 10.1.